The first-order chi connectivity index (χ1) is 45.9. The third-order valence-electron chi connectivity index (χ3n) is 18.1. The molecule has 0 bridgehead atoms. The van der Waals surface area contributed by atoms with Crippen LogP contribution in [0.3, 0.4) is 0 Å². The number of ether oxygens (including phenoxy) is 4. The van der Waals surface area contributed by atoms with E-state index in [0.29, 0.717) is 25.7 Å². The SMILES string of the molecule is CCCCCCCCCCCCC(=O)O[C@H](COC(=O)CCCCCCC)COP(=O)(O)OC[C@H](O)COP(=O)(O)OC[C@@H](COC(=O)CCCCCCCCCCCCCCCCCC(C)C)OC(=O)CCCCCCCCCCCCCCCCCCCCC(C)CC. The summed E-state index contributed by atoms with van der Waals surface area (Å²) in [6, 6.07) is 0. The highest BCUT2D eigenvalue weighted by atomic mass is 31.2. The Morgan fingerprint density at radius 3 is 0.800 bits per heavy atom. The maximum Gasteiger partial charge on any atom is 0.472 e. The Kier molecular flexibility index (Phi) is 66.5. The first-order valence-electron chi connectivity index (χ1n) is 39.5. The van der Waals surface area contributed by atoms with Gasteiger partial charge in [-0.2, -0.15) is 0 Å². The van der Waals surface area contributed by atoms with Crippen molar-refractivity contribution in [2.24, 2.45) is 11.8 Å². The first-order valence-corrected chi connectivity index (χ1v) is 42.5. The summed E-state index contributed by atoms with van der Waals surface area (Å²) in [7, 11) is -9.90. The molecule has 0 aliphatic rings. The van der Waals surface area contributed by atoms with Gasteiger partial charge in [-0.25, -0.2) is 9.13 Å². The number of phosphoric acid groups is 2. The molecule has 0 fully saturated rings. The third-order valence-corrected chi connectivity index (χ3v) is 20.0. The van der Waals surface area contributed by atoms with Crippen LogP contribution < -0.4 is 0 Å². The number of aliphatic hydroxyl groups excluding tert-OH is 1. The molecule has 0 saturated heterocycles. The summed E-state index contributed by atoms with van der Waals surface area (Å²) in [6.07, 6.45) is 56.0. The summed E-state index contributed by atoms with van der Waals surface area (Å²) < 4.78 is 68.2. The summed E-state index contributed by atoms with van der Waals surface area (Å²) in [5.41, 5.74) is 0. The van der Waals surface area contributed by atoms with Crippen LogP contribution in [0.1, 0.15) is 395 Å². The molecular formula is C76H148O17P2. The van der Waals surface area contributed by atoms with E-state index in [1.165, 1.54) is 205 Å². The maximum atomic E-state index is 13.1. The van der Waals surface area contributed by atoms with E-state index in [-0.39, 0.29) is 25.7 Å². The molecule has 0 aliphatic carbocycles. The van der Waals surface area contributed by atoms with E-state index >= 15 is 0 Å². The summed E-state index contributed by atoms with van der Waals surface area (Å²) in [5, 5.41) is 10.6. The molecule has 564 valence electrons. The molecule has 95 heavy (non-hydrogen) atoms. The number of unbranched alkanes of at least 4 members (excludes halogenated alkanes) is 44. The van der Waals surface area contributed by atoms with Crippen LogP contribution in [0.15, 0.2) is 0 Å². The van der Waals surface area contributed by atoms with E-state index in [0.717, 1.165) is 108 Å². The van der Waals surface area contributed by atoms with Crippen molar-refractivity contribution in [1.82, 2.24) is 0 Å². The van der Waals surface area contributed by atoms with Gasteiger partial charge in [0.25, 0.3) is 0 Å². The zero-order valence-electron chi connectivity index (χ0n) is 62.0. The number of carbonyl (C=O) groups excluding carboxylic acids is 4. The van der Waals surface area contributed by atoms with Gasteiger partial charge in [-0.1, -0.05) is 343 Å². The summed E-state index contributed by atoms with van der Waals surface area (Å²) >= 11 is 0. The summed E-state index contributed by atoms with van der Waals surface area (Å²) in [5.74, 6) is -0.451. The monoisotopic (exact) mass is 1400 g/mol. The van der Waals surface area contributed by atoms with Gasteiger partial charge in [0, 0.05) is 25.7 Å². The van der Waals surface area contributed by atoms with Gasteiger partial charge in [-0.3, -0.25) is 37.3 Å². The van der Waals surface area contributed by atoms with Crippen LogP contribution in [0.25, 0.3) is 0 Å². The van der Waals surface area contributed by atoms with Crippen molar-refractivity contribution in [3.8, 4) is 0 Å². The minimum absolute atomic E-state index is 0.106. The average molecular weight is 1400 g/mol. The van der Waals surface area contributed by atoms with Crippen molar-refractivity contribution < 1.29 is 80.2 Å². The van der Waals surface area contributed by atoms with Gasteiger partial charge in [0.2, 0.25) is 0 Å². The zero-order valence-corrected chi connectivity index (χ0v) is 63.8. The quantitative estimate of drug-likeness (QED) is 0.0222. The molecule has 0 aromatic heterocycles. The van der Waals surface area contributed by atoms with Crippen molar-refractivity contribution in [1.29, 1.82) is 0 Å². The van der Waals surface area contributed by atoms with Crippen LogP contribution in [-0.4, -0.2) is 96.7 Å². The molecule has 3 unspecified atom stereocenters. The molecule has 0 spiro atoms. The second-order valence-electron chi connectivity index (χ2n) is 28.1. The van der Waals surface area contributed by atoms with Gasteiger partial charge in [0.1, 0.15) is 19.3 Å². The molecule has 0 aromatic rings. The van der Waals surface area contributed by atoms with Crippen LogP contribution in [-0.2, 0) is 65.4 Å². The minimum Gasteiger partial charge on any atom is -0.462 e. The Morgan fingerprint density at radius 2 is 0.537 bits per heavy atom. The molecule has 0 rings (SSSR count). The van der Waals surface area contributed by atoms with E-state index in [4.69, 9.17) is 37.0 Å². The van der Waals surface area contributed by atoms with Crippen molar-refractivity contribution >= 4 is 39.5 Å². The van der Waals surface area contributed by atoms with Crippen molar-refractivity contribution in [2.45, 2.75) is 413 Å². The fourth-order valence-electron chi connectivity index (χ4n) is 11.6. The third kappa shape index (κ3) is 69.0. The van der Waals surface area contributed by atoms with Crippen molar-refractivity contribution in [2.75, 3.05) is 39.6 Å². The predicted molar refractivity (Wildman–Crippen MR) is 386 cm³/mol. The van der Waals surface area contributed by atoms with Gasteiger partial charge >= 0.3 is 39.5 Å². The van der Waals surface area contributed by atoms with Gasteiger partial charge in [0.15, 0.2) is 12.2 Å². The number of esters is 4. The molecule has 17 nitrogen and oxygen atoms in total. The smallest absolute Gasteiger partial charge is 0.462 e. The Hall–Kier alpha value is -1.94. The first kappa shape index (κ1) is 93.1. The number of hydrogen-bond acceptors (Lipinski definition) is 15. The van der Waals surface area contributed by atoms with Crippen LogP contribution in [0, 0.1) is 11.8 Å². The highest BCUT2D eigenvalue weighted by Crippen LogP contribution is 2.45. The van der Waals surface area contributed by atoms with Crippen LogP contribution >= 0.6 is 15.6 Å². The number of rotatable bonds is 75. The van der Waals surface area contributed by atoms with E-state index < -0.39 is 97.5 Å². The Balaban J connectivity index is 5.10. The molecule has 0 saturated carbocycles. The van der Waals surface area contributed by atoms with Gasteiger partial charge in [-0.05, 0) is 37.5 Å². The normalized spacial score (nSPS) is 14.3. The molecule has 6 atom stereocenters. The summed E-state index contributed by atoms with van der Waals surface area (Å²) in [6.45, 7) is 9.59. The molecule has 0 heterocycles. The number of carbonyl (C=O) groups is 4. The number of aliphatic hydroxyl groups is 1. The topological polar surface area (TPSA) is 237 Å². The maximum absolute atomic E-state index is 13.1. The Morgan fingerprint density at radius 1 is 0.305 bits per heavy atom. The fourth-order valence-corrected chi connectivity index (χ4v) is 13.2. The van der Waals surface area contributed by atoms with Crippen molar-refractivity contribution in [3.63, 3.8) is 0 Å². The van der Waals surface area contributed by atoms with Crippen LogP contribution in [0.5, 0.6) is 0 Å². The van der Waals surface area contributed by atoms with Gasteiger partial charge < -0.3 is 33.8 Å². The lowest BCUT2D eigenvalue weighted by Crippen LogP contribution is -2.30. The average Bonchev–Trinajstić information content (AvgIpc) is 1.67. The highest BCUT2D eigenvalue weighted by molar-refractivity contribution is 7.47. The largest absolute Gasteiger partial charge is 0.472 e. The van der Waals surface area contributed by atoms with Crippen LogP contribution in [0.2, 0.25) is 0 Å². The zero-order chi connectivity index (χ0) is 70.0. The molecular weight excluding hydrogens is 1250 g/mol. The van der Waals surface area contributed by atoms with Crippen molar-refractivity contribution in [3.05, 3.63) is 0 Å². The summed E-state index contributed by atoms with van der Waals surface area (Å²) in [4.78, 5) is 72.4. The second kappa shape index (κ2) is 67.9. The van der Waals surface area contributed by atoms with Gasteiger partial charge in [-0.15, -0.1) is 0 Å². The molecule has 19 heteroatoms. The second-order valence-corrected chi connectivity index (χ2v) is 31.0. The van der Waals surface area contributed by atoms with Gasteiger partial charge in [0.05, 0.1) is 26.4 Å². The van der Waals surface area contributed by atoms with E-state index in [1.54, 1.807) is 0 Å². The number of phosphoric ester groups is 2. The lowest BCUT2D eigenvalue weighted by Gasteiger charge is -2.21. The number of hydrogen-bond donors (Lipinski definition) is 3. The highest BCUT2D eigenvalue weighted by Gasteiger charge is 2.30. The predicted octanol–water partition coefficient (Wildman–Crippen LogP) is 22.3. The Bertz CT molecular complexity index is 1840. The van der Waals surface area contributed by atoms with E-state index in [9.17, 15) is 43.2 Å². The molecule has 3 N–H and O–H groups in total. The minimum atomic E-state index is -4.95. The molecule has 0 radical (unpaired) electrons. The van der Waals surface area contributed by atoms with Crippen LogP contribution in [0.4, 0.5) is 0 Å². The molecule has 0 aliphatic heterocycles. The fraction of sp³-hybridized carbons (Fsp3) is 0.947. The molecule has 0 amide bonds. The lowest BCUT2D eigenvalue weighted by atomic mass is 9.99. The van der Waals surface area contributed by atoms with E-state index in [2.05, 4.69) is 41.5 Å². The molecule has 0 aromatic carbocycles. The van der Waals surface area contributed by atoms with E-state index in [1.807, 2.05) is 0 Å². The Labute approximate surface area is 581 Å². The standard InChI is InChI=1S/C76H148O17P2/c1-7-10-12-14-15-16-36-42-48-54-60-75(80)92-71(64-86-73(78)58-52-44-13-11-8-2)66-90-94(82,83)88-62-70(77)63-89-95(84,85)91-67-72(65-87-74(79)59-53-47-41-37-32-28-25-21-22-26-30-34-39-45-50-56-68(4)5)93-76(81)61-55-49-43-38-33-29-24-20-18-17-19-23-27-31-35-40-46-51-57-69(6)9-3/h68-72,77H,7-67H2,1-6H3,(H,82,83)(H,84,85)/t69?,70-,71+,72+/m0/s1. The lowest BCUT2D eigenvalue weighted by molar-refractivity contribution is -0.161.